The van der Waals surface area contributed by atoms with E-state index in [0.29, 0.717) is 25.6 Å². The highest BCUT2D eigenvalue weighted by Gasteiger charge is 2.05. The maximum Gasteiger partial charge on any atom is 0.211 e. The maximum atomic E-state index is 11.3. The Bertz CT molecular complexity index is 567. The summed E-state index contributed by atoms with van der Waals surface area (Å²) in [7, 11) is -3.13. The van der Waals surface area contributed by atoms with Crippen molar-refractivity contribution in [3.63, 3.8) is 0 Å². The fourth-order valence-electron chi connectivity index (χ4n) is 1.69. The topological polar surface area (TPSA) is 82.6 Å². The van der Waals surface area contributed by atoms with Gasteiger partial charge in [-0.25, -0.2) is 18.1 Å². The number of guanidine groups is 1. The van der Waals surface area contributed by atoms with Gasteiger partial charge >= 0.3 is 0 Å². The van der Waals surface area contributed by atoms with Crippen LogP contribution in [0.2, 0.25) is 0 Å². The van der Waals surface area contributed by atoms with Gasteiger partial charge in [0.15, 0.2) is 5.96 Å². The van der Waals surface area contributed by atoms with Crippen LogP contribution in [0.1, 0.15) is 30.5 Å². The van der Waals surface area contributed by atoms with E-state index in [0.717, 1.165) is 13.0 Å². The van der Waals surface area contributed by atoms with Crippen LogP contribution in [-0.4, -0.2) is 39.8 Å². The lowest BCUT2D eigenvalue weighted by Gasteiger charge is -2.11. The van der Waals surface area contributed by atoms with Gasteiger partial charge in [-0.3, -0.25) is 0 Å². The first kappa shape index (κ1) is 18.9. The highest BCUT2D eigenvalue weighted by molar-refractivity contribution is 7.89. The van der Waals surface area contributed by atoms with Crippen LogP contribution in [0.15, 0.2) is 17.1 Å². The molecule has 6 nitrogen and oxygen atoms in total. The molecule has 0 bridgehead atoms. The van der Waals surface area contributed by atoms with E-state index in [1.54, 1.807) is 18.3 Å². The minimum absolute atomic E-state index is 0.0965. The van der Waals surface area contributed by atoms with Gasteiger partial charge < -0.3 is 10.6 Å². The largest absolute Gasteiger partial charge is 0.357 e. The van der Waals surface area contributed by atoms with Crippen LogP contribution in [0.5, 0.6) is 0 Å². The molecule has 0 aliphatic rings. The van der Waals surface area contributed by atoms with Gasteiger partial charge in [0.25, 0.3) is 0 Å². The molecule has 0 fully saturated rings. The standard InChI is InChI=1S/C14H26N4O2S2/c1-4-12-7-8-13(21-12)11-17-14(15-5-2)16-9-10-18-22(19,20)6-3/h7-8,18H,4-6,9-11H2,1-3H3,(H2,15,16,17). The van der Waals surface area contributed by atoms with Crippen LogP contribution in [0.3, 0.4) is 0 Å². The lowest BCUT2D eigenvalue weighted by molar-refractivity contribution is 0.582. The zero-order chi connectivity index (χ0) is 16.4. The van der Waals surface area contributed by atoms with Gasteiger partial charge in [0.05, 0.1) is 12.3 Å². The first-order valence-corrected chi connectivity index (χ1v) is 10.0. The summed E-state index contributed by atoms with van der Waals surface area (Å²) in [5.41, 5.74) is 0. The molecule has 0 amide bonds. The highest BCUT2D eigenvalue weighted by Crippen LogP contribution is 2.17. The molecule has 0 aromatic carbocycles. The van der Waals surface area contributed by atoms with Crippen LogP contribution in [-0.2, 0) is 23.0 Å². The Kier molecular flexibility index (Phi) is 8.44. The molecule has 1 rings (SSSR count). The second-order valence-corrected chi connectivity index (χ2v) is 7.99. The Labute approximate surface area is 137 Å². The minimum atomic E-state index is -3.13. The van der Waals surface area contributed by atoms with Gasteiger partial charge in [0, 0.05) is 29.4 Å². The third-order valence-corrected chi connectivity index (χ3v) is 5.54. The van der Waals surface area contributed by atoms with Gasteiger partial charge in [0.1, 0.15) is 0 Å². The van der Waals surface area contributed by atoms with E-state index < -0.39 is 10.0 Å². The summed E-state index contributed by atoms with van der Waals surface area (Å²) in [4.78, 5) is 7.09. The second kappa shape index (κ2) is 9.81. The van der Waals surface area contributed by atoms with E-state index >= 15 is 0 Å². The predicted molar refractivity (Wildman–Crippen MR) is 94.0 cm³/mol. The number of hydrogen-bond donors (Lipinski definition) is 3. The number of nitrogens with zero attached hydrogens (tertiary/aromatic N) is 1. The van der Waals surface area contributed by atoms with Crippen molar-refractivity contribution in [3.05, 3.63) is 21.9 Å². The molecular formula is C14H26N4O2S2. The average Bonchev–Trinajstić information content (AvgIpc) is 2.97. The molecule has 22 heavy (non-hydrogen) atoms. The molecule has 0 aliphatic heterocycles. The van der Waals surface area contributed by atoms with Crippen LogP contribution in [0.25, 0.3) is 0 Å². The molecule has 1 heterocycles. The molecular weight excluding hydrogens is 320 g/mol. The Balaban J connectivity index is 2.45. The average molecular weight is 347 g/mol. The molecule has 1 aromatic rings. The van der Waals surface area contributed by atoms with Crippen molar-refractivity contribution in [3.8, 4) is 0 Å². The van der Waals surface area contributed by atoms with Crippen molar-refractivity contribution in [1.29, 1.82) is 0 Å². The predicted octanol–water partition coefficient (Wildman–Crippen LogP) is 1.30. The van der Waals surface area contributed by atoms with Crippen molar-refractivity contribution >= 4 is 27.3 Å². The van der Waals surface area contributed by atoms with Crippen molar-refractivity contribution < 1.29 is 8.42 Å². The molecule has 0 radical (unpaired) electrons. The summed E-state index contributed by atoms with van der Waals surface area (Å²) in [5.74, 6) is 0.795. The van der Waals surface area contributed by atoms with Gasteiger partial charge in [-0.1, -0.05) is 6.92 Å². The lowest BCUT2D eigenvalue weighted by Crippen LogP contribution is -2.41. The number of aryl methyl sites for hydroxylation is 1. The quantitative estimate of drug-likeness (QED) is 0.358. The summed E-state index contributed by atoms with van der Waals surface area (Å²) in [6.45, 7) is 7.99. The van der Waals surface area contributed by atoms with E-state index in [9.17, 15) is 8.42 Å². The molecule has 8 heteroatoms. The number of nitrogens with one attached hydrogen (secondary N) is 3. The number of hydrogen-bond acceptors (Lipinski definition) is 4. The summed E-state index contributed by atoms with van der Waals surface area (Å²) in [6, 6.07) is 4.24. The third-order valence-electron chi connectivity index (χ3n) is 2.92. The van der Waals surface area contributed by atoms with Crippen molar-refractivity contribution in [1.82, 2.24) is 15.4 Å². The van der Waals surface area contributed by atoms with E-state index in [2.05, 4.69) is 39.4 Å². The van der Waals surface area contributed by atoms with Gasteiger partial charge in [-0.15, -0.1) is 11.3 Å². The van der Waals surface area contributed by atoms with Crippen LogP contribution < -0.4 is 15.4 Å². The van der Waals surface area contributed by atoms with E-state index in [-0.39, 0.29) is 5.75 Å². The molecule has 0 saturated carbocycles. The first-order valence-electron chi connectivity index (χ1n) is 7.57. The van der Waals surface area contributed by atoms with Gasteiger partial charge in [0.2, 0.25) is 10.0 Å². The number of sulfonamides is 1. The molecule has 0 saturated heterocycles. The van der Waals surface area contributed by atoms with Gasteiger partial charge in [-0.2, -0.15) is 0 Å². The van der Waals surface area contributed by atoms with Crippen LogP contribution in [0.4, 0.5) is 0 Å². The molecule has 3 N–H and O–H groups in total. The smallest absolute Gasteiger partial charge is 0.211 e. The normalized spacial score (nSPS) is 12.4. The monoisotopic (exact) mass is 346 g/mol. The summed E-state index contributed by atoms with van der Waals surface area (Å²) in [5, 5.41) is 6.28. The Morgan fingerprint density at radius 2 is 1.86 bits per heavy atom. The fourth-order valence-corrected chi connectivity index (χ4v) is 3.19. The van der Waals surface area contributed by atoms with E-state index in [1.807, 2.05) is 6.92 Å². The summed E-state index contributed by atoms with van der Waals surface area (Å²) in [6.07, 6.45) is 1.05. The number of aliphatic imine (C=N–C) groups is 1. The number of rotatable bonds is 9. The molecule has 0 aliphatic carbocycles. The highest BCUT2D eigenvalue weighted by atomic mass is 32.2. The van der Waals surface area contributed by atoms with Crippen molar-refractivity contribution in [2.45, 2.75) is 33.7 Å². The summed E-state index contributed by atoms with van der Waals surface area (Å²) >= 11 is 1.77. The zero-order valence-electron chi connectivity index (χ0n) is 13.5. The Hall–Kier alpha value is -1.12. The van der Waals surface area contributed by atoms with Crippen molar-refractivity contribution in [2.75, 3.05) is 25.4 Å². The minimum Gasteiger partial charge on any atom is -0.357 e. The van der Waals surface area contributed by atoms with E-state index in [4.69, 9.17) is 0 Å². The Morgan fingerprint density at radius 3 is 2.45 bits per heavy atom. The summed E-state index contributed by atoms with van der Waals surface area (Å²) < 4.78 is 25.2. The van der Waals surface area contributed by atoms with E-state index in [1.165, 1.54) is 9.75 Å². The van der Waals surface area contributed by atoms with Crippen molar-refractivity contribution in [2.24, 2.45) is 4.99 Å². The molecule has 1 aromatic heterocycles. The van der Waals surface area contributed by atoms with Crippen LogP contribution >= 0.6 is 11.3 Å². The van der Waals surface area contributed by atoms with Gasteiger partial charge in [-0.05, 0) is 32.4 Å². The maximum absolute atomic E-state index is 11.3. The molecule has 0 unspecified atom stereocenters. The molecule has 0 spiro atoms. The molecule has 0 atom stereocenters. The molecule has 126 valence electrons. The third kappa shape index (κ3) is 7.24. The zero-order valence-corrected chi connectivity index (χ0v) is 15.1. The first-order chi connectivity index (χ1) is 10.5. The van der Waals surface area contributed by atoms with Crippen LogP contribution in [0, 0.1) is 0 Å². The Morgan fingerprint density at radius 1 is 1.14 bits per heavy atom. The fraction of sp³-hybridized carbons (Fsp3) is 0.643. The number of thiophene rings is 1. The second-order valence-electron chi connectivity index (χ2n) is 4.64. The SMILES string of the molecule is CCNC(=NCc1ccc(CC)s1)NCCNS(=O)(=O)CC. The lowest BCUT2D eigenvalue weighted by atomic mass is 10.4.